The Balaban J connectivity index is 1.80. The highest BCUT2D eigenvalue weighted by Crippen LogP contribution is 2.44. The fraction of sp³-hybridized carbons (Fsp3) is 0.739. The number of benzene rings is 1. The molecule has 2 aliphatic rings. The van der Waals surface area contributed by atoms with E-state index < -0.39 is 45.2 Å². The molecule has 0 aliphatic carbocycles. The summed E-state index contributed by atoms with van der Waals surface area (Å²) in [4.78, 5) is -2.19. The van der Waals surface area contributed by atoms with E-state index in [9.17, 15) is 13.5 Å². The summed E-state index contributed by atoms with van der Waals surface area (Å²) in [5, 5.41) is 11.3. The third kappa shape index (κ3) is 5.15. The number of hydrogen-bond acceptors (Lipinski definition) is 7. The molecule has 2 fully saturated rings. The van der Waals surface area contributed by atoms with Gasteiger partial charge in [-0.3, -0.25) is 0 Å². The predicted octanol–water partition coefficient (Wildman–Crippen LogP) is 3.71. The monoisotopic (exact) mass is 456 g/mol. The first-order valence-corrected chi connectivity index (χ1v) is 12.6. The number of aliphatic hydroxyl groups is 1. The molecule has 2 aliphatic heterocycles. The molecule has 7 nitrogen and oxygen atoms in total. The van der Waals surface area contributed by atoms with Gasteiger partial charge in [-0.2, -0.15) is 0 Å². The van der Waals surface area contributed by atoms with Crippen LogP contribution in [0.2, 0.25) is 0 Å². The van der Waals surface area contributed by atoms with Crippen molar-refractivity contribution in [2.24, 2.45) is 0 Å². The van der Waals surface area contributed by atoms with Gasteiger partial charge in [-0.25, -0.2) is 8.42 Å². The van der Waals surface area contributed by atoms with E-state index in [-0.39, 0.29) is 4.90 Å². The third-order valence-corrected chi connectivity index (χ3v) is 8.17. The van der Waals surface area contributed by atoms with Gasteiger partial charge in [0.05, 0.1) is 4.90 Å². The van der Waals surface area contributed by atoms with Crippen LogP contribution >= 0.6 is 0 Å². The molecule has 0 amide bonds. The smallest absolute Gasteiger partial charge is 0.210 e. The molecule has 2 heterocycles. The maximum atomic E-state index is 13.3. The number of aryl methyl sites for hydroxylation is 1. The summed E-state index contributed by atoms with van der Waals surface area (Å²) in [7, 11) is -4.13. The van der Waals surface area contributed by atoms with E-state index in [0.29, 0.717) is 6.61 Å². The first-order valence-electron chi connectivity index (χ1n) is 11.2. The molecule has 5 atom stereocenters. The van der Waals surface area contributed by atoms with Crippen LogP contribution in [0.4, 0.5) is 0 Å². The Bertz CT molecular complexity index is 832. The van der Waals surface area contributed by atoms with Gasteiger partial charge in [-0.1, -0.05) is 50.3 Å². The highest BCUT2D eigenvalue weighted by Gasteiger charge is 2.63. The van der Waals surface area contributed by atoms with E-state index in [4.69, 9.17) is 18.9 Å². The van der Waals surface area contributed by atoms with Crippen LogP contribution in [0.1, 0.15) is 65.4 Å². The van der Waals surface area contributed by atoms with Gasteiger partial charge in [0.15, 0.2) is 17.0 Å². The van der Waals surface area contributed by atoms with Crippen molar-refractivity contribution in [2.45, 2.75) is 107 Å². The van der Waals surface area contributed by atoms with Crippen molar-refractivity contribution in [3.8, 4) is 0 Å². The van der Waals surface area contributed by atoms with Gasteiger partial charge < -0.3 is 24.1 Å². The van der Waals surface area contributed by atoms with Crippen LogP contribution in [0.25, 0.3) is 0 Å². The Kier molecular flexibility index (Phi) is 7.50. The fourth-order valence-corrected chi connectivity index (χ4v) is 5.59. The molecule has 8 heteroatoms. The lowest BCUT2D eigenvalue weighted by atomic mass is 10.1. The molecule has 0 radical (unpaired) electrons. The van der Waals surface area contributed by atoms with Crippen LogP contribution in [-0.4, -0.2) is 55.5 Å². The van der Waals surface area contributed by atoms with Gasteiger partial charge in [0.2, 0.25) is 9.84 Å². The minimum absolute atomic E-state index is 0.0317. The summed E-state index contributed by atoms with van der Waals surface area (Å²) in [6, 6.07) is 6.39. The Labute approximate surface area is 185 Å². The van der Waals surface area contributed by atoms with E-state index in [1.54, 1.807) is 26.0 Å². The van der Waals surface area contributed by atoms with Crippen LogP contribution in [-0.2, 0) is 28.8 Å². The van der Waals surface area contributed by atoms with Gasteiger partial charge >= 0.3 is 0 Å². The molecule has 176 valence electrons. The van der Waals surface area contributed by atoms with E-state index in [2.05, 4.69) is 6.92 Å². The van der Waals surface area contributed by atoms with Gasteiger partial charge in [-0.05, 0) is 46.2 Å². The lowest BCUT2D eigenvalue weighted by Gasteiger charge is -2.34. The lowest BCUT2D eigenvalue weighted by molar-refractivity contribution is -0.232. The second-order valence-corrected chi connectivity index (χ2v) is 11.5. The molecule has 1 N–H and O–H groups in total. The molecule has 2 saturated heterocycles. The summed E-state index contributed by atoms with van der Waals surface area (Å²) < 4.78 is 50.4. The lowest BCUT2D eigenvalue weighted by Crippen LogP contribution is -2.54. The highest BCUT2D eigenvalue weighted by atomic mass is 32.2. The Morgan fingerprint density at radius 3 is 2.39 bits per heavy atom. The summed E-state index contributed by atoms with van der Waals surface area (Å²) >= 11 is 0. The number of sulfone groups is 1. The maximum absolute atomic E-state index is 13.3. The molecule has 0 bridgehead atoms. The molecular weight excluding hydrogens is 420 g/mol. The molecule has 0 spiro atoms. The molecular formula is C23H36O7S. The Morgan fingerprint density at radius 1 is 1.10 bits per heavy atom. The van der Waals surface area contributed by atoms with Crippen molar-refractivity contribution < 1.29 is 32.5 Å². The van der Waals surface area contributed by atoms with Crippen LogP contribution in [0.5, 0.6) is 0 Å². The summed E-state index contributed by atoms with van der Waals surface area (Å²) in [6.07, 6.45) is 1.99. The van der Waals surface area contributed by atoms with Crippen LogP contribution in [0.15, 0.2) is 29.2 Å². The van der Waals surface area contributed by atoms with Gasteiger partial charge in [0.1, 0.15) is 18.3 Å². The molecule has 1 aromatic rings. The average Bonchev–Trinajstić information content (AvgIpc) is 3.17. The number of ether oxygens (including phenoxy) is 4. The normalized spacial score (nSPS) is 29.6. The number of rotatable bonds is 10. The topological polar surface area (TPSA) is 91.3 Å². The van der Waals surface area contributed by atoms with E-state index in [1.807, 2.05) is 6.92 Å². The minimum Gasteiger partial charge on any atom is -0.372 e. The zero-order valence-electron chi connectivity index (χ0n) is 19.2. The fourth-order valence-electron chi connectivity index (χ4n) is 4.13. The SMILES string of the molecule is CCCCCCCO[C@@H]1[C@H]2OC(C)(C)O[C@H]2O[C@@H]1[C@@](C)(O)S(=O)(=O)c1ccc(C)cc1. The first kappa shape index (κ1) is 24.6. The Hall–Kier alpha value is -1.03. The molecule has 0 saturated carbocycles. The van der Waals surface area contributed by atoms with E-state index in [1.165, 1.54) is 25.5 Å². The summed E-state index contributed by atoms with van der Waals surface area (Å²) in [5.74, 6) is -0.870. The van der Waals surface area contributed by atoms with E-state index >= 15 is 0 Å². The number of hydrogen-bond donors (Lipinski definition) is 1. The van der Waals surface area contributed by atoms with Crippen molar-refractivity contribution in [3.05, 3.63) is 29.8 Å². The predicted molar refractivity (Wildman–Crippen MR) is 116 cm³/mol. The van der Waals surface area contributed by atoms with Gasteiger partial charge in [0.25, 0.3) is 0 Å². The molecule has 1 aromatic carbocycles. The zero-order chi connectivity index (χ0) is 22.9. The molecule has 31 heavy (non-hydrogen) atoms. The maximum Gasteiger partial charge on any atom is 0.210 e. The standard InChI is InChI=1S/C23H36O7S/c1-6-7-8-9-10-15-27-18-19-21(30-22(3,4)29-19)28-20(18)23(5,24)31(25,26)17-13-11-16(2)12-14-17/h11-14,18-21,24H,6-10,15H2,1-5H3/t18-,19-,20+,21-,23+/m1/s1. The second-order valence-electron chi connectivity index (χ2n) is 9.15. The quantitative estimate of drug-likeness (QED) is 0.537. The molecule has 0 unspecified atom stereocenters. The average molecular weight is 457 g/mol. The third-order valence-electron chi connectivity index (χ3n) is 5.95. The number of unbranched alkanes of at least 4 members (excludes halogenated alkanes) is 4. The van der Waals surface area contributed by atoms with Gasteiger partial charge in [-0.15, -0.1) is 0 Å². The van der Waals surface area contributed by atoms with Crippen molar-refractivity contribution in [2.75, 3.05) is 6.61 Å². The van der Waals surface area contributed by atoms with Crippen LogP contribution in [0, 0.1) is 6.92 Å². The summed E-state index contributed by atoms with van der Waals surface area (Å²) in [5.41, 5.74) is 0.929. The van der Waals surface area contributed by atoms with Crippen LogP contribution < -0.4 is 0 Å². The first-order chi connectivity index (χ1) is 14.5. The van der Waals surface area contributed by atoms with Crippen molar-refractivity contribution >= 4 is 9.84 Å². The second kappa shape index (κ2) is 9.45. The van der Waals surface area contributed by atoms with Crippen LogP contribution in [0.3, 0.4) is 0 Å². The molecule has 0 aromatic heterocycles. The number of fused-ring (bicyclic) bond motifs is 1. The van der Waals surface area contributed by atoms with Crippen molar-refractivity contribution in [3.63, 3.8) is 0 Å². The van der Waals surface area contributed by atoms with E-state index in [0.717, 1.165) is 31.2 Å². The van der Waals surface area contributed by atoms with Crippen molar-refractivity contribution in [1.82, 2.24) is 0 Å². The highest BCUT2D eigenvalue weighted by molar-refractivity contribution is 7.92. The van der Waals surface area contributed by atoms with Gasteiger partial charge in [0, 0.05) is 6.61 Å². The largest absolute Gasteiger partial charge is 0.372 e. The van der Waals surface area contributed by atoms with Crippen molar-refractivity contribution in [1.29, 1.82) is 0 Å². The zero-order valence-corrected chi connectivity index (χ0v) is 20.0. The summed E-state index contributed by atoms with van der Waals surface area (Å²) in [6.45, 7) is 9.27. The minimum atomic E-state index is -4.13. The molecule has 3 rings (SSSR count). The Morgan fingerprint density at radius 2 is 1.74 bits per heavy atom.